The number of anilines is 1. The van der Waals surface area contributed by atoms with Gasteiger partial charge in [-0.2, -0.15) is 0 Å². The highest BCUT2D eigenvalue weighted by Crippen LogP contribution is 2.26. The summed E-state index contributed by atoms with van der Waals surface area (Å²) < 4.78 is 5.26. The van der Waals surface area contributed by atoms with Crippen molar-refractivity contribution in [3.05, 3.63) is 70.3 Å². The molecule has 25 heavy (non-hydrogen) atoms. The number of carbonyl (C=O) groups excluding carboxylic acids is 2. The molecular weight excluding hydrogens is 324 g/mol. The molecule has 1 aliphatic rings. The lowest BCUT2D eigenvalue weighted by Crippen LogP contribution is -2.26. The van der Waals surface area contributed by atoms with Gasteiger partial charge >= 0.3 is 5.97 Å². The number of esters is 1. The molecule has 1 saturated heterocycles. The Bertz CT molecular complexity index is 789. The van der Waals surface area contributed by atoms with Crippen LogP contribution in [0.4, 0.5) is 11.4 Å². The smallest absolute Gasteiger partial charge is 0.311 e. The van der Waals surface area contributed by atoms with E-state index in [1.807, 2.05) is 30.3 Å². The van der Waals surface area contributed by atoms with Gasteiger partial charge in [0.05, 0.1) is 10.8 Å². The number of rotatable bonds is 5. The van der Waals surface area contributed by atoms with Crippen molar-refractivity contribution in [2.45, 2.75) is 13.0 Å². The molecule has 1 aliphatic heterocycles. The van der Waals surface area contributed by atoms with E-state index in [-0.39, 0.29) is 24.6 Å². The minimum atomic E-state index is -0.509. The van der Waals surface area contributed by atoms with Gasteiger partial charge in [-0.3, -0.25) is 19.7 Å². The molecule has 3 rings (SSSR count). The predicted molar refractivity (Wildman–Crippen MR) is 89.8 cm³/mol. The molecule has 7 nitrogen and oxygen atoms in total. The third-order valence-corrected chi connectivity index (χ3v) is 4.05. The molecule has 128 valence electrons. The number of nitro benzene ring substituents is 1. The largest absolute Gasteiger partial charge is 0.461 e. The van der Waals surface area contributed by atoms with Crippen LogP contribution >= 0.6 is 0 Å². The zero-order valence-electron chi connectivity index (χ0n) is 13.3. The van der Waals surface area contributed by atoms with Gasteiger partial charge < -0.3 is 9.64 Å². The molecule has 2 aromatic rings. The monoisotopic (exact) mass is 340 g/mol. The zero-order chi connectivity index (χ0) is 17.8. The molecule has 1 amide bonds. The number of ether oxygens (including phenoxy) is 1. The number of hydrogen-bond donors (Lipinski definition) is 0. The van der Waals surface area contributed by atoms with E-state index >= 15 is 0 Å². The molecule has 2 aromatic carbocycles. The van der Waals surface area contributed by atoms with Crippen molar-refractivity contribution in [2.75, 3.05) is 11.4 Å². The van der Waals surface area contributed by atoms with Crippen LogP contribution in [0.2, 0.25) is 0 Å². The van der Waals surface area contributed by atoms with E-state index in [2.05, 4.69) is 0 Å². The lowest BCUT2D eigenvalue weighted by atomic mass is 10.1. The van der Waals surface area contributed by atoms with Crippen LogP contribution in [0.5, 0.6) is 0 Å². The summed E-state index contributed by atoms with van der Waals surface area (Å²) in [5.41, 5.74) is 1.40. The quantitative estimate of drug-likeness (QED) is 0.474. The second-order valence-electron chi connectivity index (χ2n) is 5.77. The molecule has 0 unspecified atom stereocenters. The molecule has 1 atom stereocenters. The second kappa shape index (κ2) is 7.12. The maximum absolute atomic E-state index is 12.2. The van der Waals surface area contributed by atoms with Crippen LogP contribution in [0.3, 0.4) is 0 Å². The highest BCUT2D eigenvalue weighted by Gasteiger charge is 2.36. The first-order valence-corrected chi connectivity index (χ1v) is 7.80. The Morgan fingerprint density at radius 1 is 1.16 bits per heavy atom. The van der Waals surface area contributed by atoms with E-state index in [1.54, 1.807) is 17.0 Å². The van der Waals surface area contributed by atoms with E-state index in [1.165, 1.54) is 12.1 Å². The van der Waals surface area contributed by atoms with Gasteiger partial charge in [0.15, 0.2) is 0 Å². The molecule has 7 heteroatoms. The van der Waals surface area contributed by atoms with Gasteiger partial charge in [0.25, 0.3) is 5.69 Å². The number of nitrogens with zero attached hydrogens (tertiary/aromatic N) is 2. The number of non-ortho nitro benzene ring substituents is 1. The fourth-order valence-electron chi connectivity index (χ4n) is 2.71. The molecule has 0 bridgehead atoms. The Morgan fingerprint density at radius 3 is 2.48 bits per heavy atom. The first kappa shape index (κ1) is 16.6. The van der Waals surface area contributed by atoms with Crippen LogP contribution in [0.15, 0.2) is 54.6 Å². The van der Waals surface area contributed by atoms with Crippen molar-refractivity contribution in [2.24, 2.45) is 5.92 Å². The van der Waals surface area contributed by atoms with Crippen molar-refractivity contribution in [1.29, 1.82) is 0 Å². The van der Waals surface area contributed by atoms with Crippen LogP contribution in [-0.2, 0) is 20.9 Å². The van der Waals surface area contributed by atoms with Crippen molar-refractivity contribution >= 4 is 23.3 Å². The maximum Gasteiger partial charge on any atom is 0.311 e. The number of hydrogen-bond acceptors (Lipinski definition) is 5. The Morgan fingerprint density at radius 2 is 1.84 bits per heavy atom. The van der Waals surface area contributed by atoms with E-state index in [9.17, 15) is 19.7 Å². The van der Waals surface area contributed by atoms with E-state index in [0.717, 1.165) is 5.69 Å². The third-order valence-electron chi connectivity index (χ3n) is 4.05. The molecule has 0 radical (unpaired) electrons. The van der Waals surface area contributed by atoms with Gasteiger partial charge in [0.1, 0.15) is 6.61 Å². The molecule has 0 aliphatic carbocycles. The molecule has 0 saturated carbocycles. The molecule has 0 spiro atoms. The SMILES string of the molecule is O=C(OCc1ccc([N+](=O)[O-])cc1)[C@@H]1CC(=O)N(c2ccccc2)C1. The summed E-state index contributed by atoms with van der Waals surface area (Å²) in [6.45, 7) is 0.314. The lowest BCUT2D eigenvalue weighted by Gasteiger charge is -2.16. The fraction of sp³-hybridized carbons (Fsp3) is 0.222. The summed E-state index contributed by atoms with van der Waals surface area (Å²) in [4.78, 5) is 36.0. The summed E-state index contributed by atoms with van der Waals surface area (Å²) in [5, 5.41) is 10.6. The van der Waals surface area contributed by atoms with Crippen molar-refractivity contribution < 1.29 is 19.2 Å². The number of benzene rings is 2. The summed E-state index contributed by atoms with van der Waals surface area (Å²) >= 11 is 0. The second-order valence-corrected chi connectivity index (χ2v) is 5.77. The fourth-order valence-corrected chi connectivity index (χ4v) is 2.71. The lowest BCUT2D eigenvalue weighted by molar-refractivity contribution is -0.384. The van der Waals surface area contributed by atoms with Gasteiger partial charge in [-0.25, -0.2) is 0 Å². The number of amides is 1. The van der Waals surface area contributed by atoms with Gasteiger partial charge in [0.2, 0.25) is 5.91 Å². The average molecular weight is 340 g/mol. The van der Waals surface area contributed by atoms with Crippen LogP contribution in [0.1, 0.15) is 12.0 Å². The molecule has 0 N–H and O–H groups in total. The predicted octanol–water partition coefficient (Wildman–Crippen LogP) is 2.69. The number of nitro groups is 1. The first-order valence-electron chi connectivity index (χ1n) is 7.80. The van der Waals surface area contributed by atoms with E-state index in [0.29, 0.717) is 12.1 Å². The molecular formula is C18H16N2O5. The zero-order valence-corrected chi connectivity index (χ0v) is 13.3. The molecule has 1 heterocycles. The highest BCUT2D eigenvalue weighted by molar-refractivity contribution is 5.99. The van der Waals surface area contributed by atoms with E-state index < -0.39 is 16.8 Å². The van der Waals surface area contributed by atoms with Crippen LogP contribution in [0.25, 0.3) is 0 Å². The summed E-state index contributed by atoms with van der Waals surface area (Å²) in [5.74, 6) is -1.06. The van der Waals surface area contributed by atoms with E-state index in [4.69, 9.17) is 4.74 Å². The van der Waals surface area contributed by atoms with Gasteiger partial charge in [-0.05, 0) is 29.8 Å². The standard InChI is InChI=1S/C18H16N2O5/c21-17-10-14(11-19(17)15-4-2-1-3-5-15)18(22)25-12-13-6-8-16(9-7-13)20(23)24/h1-9,14H,10-12H2/t14-/m1/s1. The normalized spacial score (nSPS) is 16.7. The van der Waals surface area contributed by atoms with Crippen molar-refractivity contribution in [3.63, 3.8) is 0 Å². The topological polar surface area (TPSA) is 89.7 Å². The highest BCUT2D eigenvalue weighted by atomic mass is 16.6. The summed E-state index contributed by atoms with van der Waals surface area (Å²) in [6, 6.07) is 15.0. The molecule has 1 fully saturated rings. The number of para-hydroxylation sites is 1. The molecule has 0 aromatic heterocycles. The van der Waals surface area contributed by atoms with Crippen LogP contribution in [-0.4, -0.2) is 23.3 Å². The van der Waals surface area contributed by atoms with Crippen LogP contribution in [0, 0.1) is 16.0 Å². The maximum atomic E-state index is 12.2. The van der Waals surface area contributed by atoms with Crippen LogP contribution < -0.4 is 4.90 Å². The first-order chi connectivity index (χ1) is 12.0. The third kappa shape index (κ3) is 3.82. The van der Waals surface area contributed by atoms with Gasteiger partial charge in [-0.15, -0.1) is 0 Å². The average Bonchev–Trinajstić information content (AvgIpc) is 3.02. The summed E-state index contributed by atoms with van der Waals surface area (Å²) in [7, 11) is 0. The van der Waals surface area contributed by atoms with Crippen molar-refractivity contribution in [3.8, 4) is 0 Å². The summed E-state index contributed by atoms with van der Waals surface area (Å²) in [6.07, 6.45) is 0.119. The van der Waals surface area contributed by atoms with Gasteiger partial charge in [-0.1, -0.05) is 18.2 Å². The minimum absolute atomic E-state index is 0.0185. The Hall–Kier alpha value is -3.22. The van der Waals surface area contributed by atoms with Crippen molar-refractivity contribution in [1.82, 2.24) is 0 Å². The Balaban J connectivity index is 1.57. The minimum Gasteiger partial charge on any atom is -0.461 e. The Kier molecular flexibility index (Phi) is 4.74. The Labute approximate surface area is 144 Å². The number of carbonyl (C=O) groups is 2. The van der Waals surface area contributed by atoms with Gasteiger partial charge in [0, 0.05) is 30.8 Å².